The molecule has 3 nitrogen and oxygen atoms in total. The van der Waals surface area contributed by atoms with Gasteiger partial charge in [0.05, 0.1) is 15.7 Å². The number of phenolic OH excluding ortho intramolecular Hbond substituents is 1. The summed E-state index contributed by atoms with van der Waals surface area (Å²) in [5, 5.41) is 9.88. The van der Waals surface area contributed by atoms with E-state index >= 15 is 0 Å². The van der Waals surface area contributed by atoms with Crippen LogP contribution in [-0.2, 0) is 22.8 Å². The van der Waals surface area contributed by atoms with Gasteiger partial charge in [-0.25, -0.2) is 0 Å². The highest BCUT2D eigenvalue weighted by molar-refractivity contribution is 7.84. The normalized spacial score (nSPS) is 13.8. The zero-order chi connectivity index (χ0) is 12.5. The highest BCUT2D eigenvalue weighted by Gasteiger charge is 2.19. The van der Waals surface area contributed by atoms with Crippen molar-refractivity contribution in [3.8, 4) is 5.75 Å². The summed E-state index contributed by atoms with van der Waals surface area (Å²) >= 11 is 0. The highest BCUT2D eigenvalue weighted by Crippen LogP contribution is 2.32. The van der Waals surface area contributed by atoms with Crippen LogP contribution in [0.4, 0.5) is 0 Å². The Bertz CT molecular complexity index is 422. The number of phenols is 1. The molecule has 0 radical (unpaired) electrons. The maximum Gasteiger partial charge on any atom is 0.136 e. The number of hydrogen-bond donors (Lipinski definition) is 2. The van der Waals surface area contributed by atoms with Crippen molar-refractivity contribution >= 4 is 10.8 Å². The SMILES string of the molecule is CS(=O)c1cc(C(C)(C)C)cc(CN)c1O. The van der Waals surface area contributed by atoms with E-state index < -0.39 is 10.8 Å². The fourth-order valence-electron chi connectivity index (χ4n) is 1.47. The van der Waals surface area contributed by atoms with Crippen LogP contribution in [-0.4, -0.2) is 15.6 Å². The van der Waals surface area contributed by atoms with E-state index in [4.69, 9.17) is 5.73 Å². The second-order valence-electron chi connectivity index (χ2n) is 4.89. The average molecular weight is 241 g/mol. The van der Waals surface area contributed by atoms with E-state index in [1.807, 2.05) is 6.07 Å². The molecular weight excluding hydrogens is 222 g/mol. The predicted molar refractivity (Wildman–Crippen MR) is 67.0 cm³/mol. The first-order valence-electron chi connectivity index (χ1n) is 5.17. The standard InChI is InChI=1S/C12H19NO2S/c1-12(2,3)9-5-8(7-13)11(14)10(6-9)16(4)15/h5-6,14H,7,13H2,1-4H3. The molecule has 1 aromatic carbocycles. The topological polar surface area (TPSA) is 63.3 Å². The van der Waals surface area contributed by atoms with Crippen molar-refractivity contribution < 1.29 is 9.32 Å². The zero-order valence-corrected chi connectivity index (χ0v) is 11.0. The molecule has 0 fully saturated rings. The van der Waals surface area contributed by atoms with Crippen LogP contribution in [0.25, 0.3) is 0 Å². The van der Waals surface area contributed by atoms with Gasteiger partial charge in [0.15, 0.2) is 0 Å². The summed E-state index contributed by atoms with van der Waals surface area (Å²) in [6.45, 7) is 6.46. The van der Waals surface area contributed by atoms with E-state index in [0.29, 0.717) is 10.5 Å². The first-order valence-corrected chi connectivity index (χ1v) is 6.73. The molecule has 3 N–H and O–H groups in total. The molecule has 0 saturated carbocycles. The van der Waals surface area contributed by atoms with Crippen molar-refractivity contribution in [2.45, 2.75) is 37.6 Å². The van der Waals surface area contributed by atoms with Crippen molar-refractivity contribution in [2.75, 3.05) is 6.26 Å². The van der Waals surface area contributed by atoms with Crippen molar-refractivity contribution in [2.24, 2.45) is 5.73 Å². The van der Waals surface area contributed by atoms with Crippen molar-refractivity contribution in [3.63, 3.8) is 0 Å². The average Bonchev–Trinajstić information content (AvgIpc) is 2.15. The third-order valence-electron chi connectivity index (χ3n) is 2.55. The Hall–Kier alpha value is -0.870. The van der Waals surface area contributed by atoms with Crippen LogP contribution in [0.2, 0.25) is 0 Å². The van der Waals surface area contributed by atoms with Gasteiger partial charge in [-0.15, -0.1) is 0 Å². The van der Waals surface area contributed by atoms with Crippen molar-refractivity contribution in [3.05, 3.63) is 23.3 Å². The second kappa shape index (κ2) is 4.55. The Morgan fingerprint density at radius 3 is 2.31 bits per heavy atom. The number of nitrogens with two attached hydrogens (primary N) is 1. The fraction of sp³-hybridized carbons (Fsp3) is 0.500. The molecule has 1 rings (SSSR count). The molecule has 16 heavy (non-hydrogen) atoms. The molecule has 0 heterocycles. The molecule has 1 atom stereocenters. The lowest BCUT2D eigenvalue weighted by Gasteiger charge is -2.21. The molecule has 0 aromatic heterocycles. The second-order valence-corrected chi connectivity index (χ2v) is 6.24. The Balaban J connectivity index is 3.46. The number of rotatable bonds is 2. The molecule has 1 aromatic rings. The molecule has 0 aliphatic carbocycles. The van der Waals surface area contributed by atoms with Gasteiger partial charge in [-0.2, -0.15) is 0 Å². The van der Waals surface area contributed by atoms with Gasteiger partial charge >= 0.3 is 0 Å². The van der Waals surface area contributed by atoms with Crippen LogP contribution in [0.15, 0.2) is 17.0 Å². The van der Waals surface area contributed by atoms with Crippen LogP contribution in [0.5, 0.6) is 5.75 Å². The first-order chi connectivity index (χ1) is 7.27. The summed E-state index contributed by atoms with van der Waals surface area (Å²) in [4.78, 5) is 0.466. The van der Waals surface area contributed by atoms with Gasteiger partial charge in [0.25, 0.3) is 0 Å². The van der Waals surface area contributed by atoms with E-state index in [0.717, 1.165) is 5.56 Å². The maximum atomic E-state index is 11.5. The number of benzene rings is 1. The Morgan fingerprint density at radius 1 is 1.38 bits per heavy atom. The summed E-state index contributed by atoms with van der Waals surface area (Å²) in [6, 6.07) is 3.68. The van der Waals surface area contributed by atoms with Gasteiger partial charge in [-0.1, -0.05) is 26.8 Å². The van der Waals surface area contributed by atoms with E-state index in [9.17, 15) is 9.32 Å². The minimum absolute atomic E-state index is 0.0499. The molecule has 0 bridgehead atoms. The Morgan fingerprint density at radius 2 is 1.94 bits per heavy atom. The fourth-order valence-corrected chi connectivity index (χ4v) is 2.17. The van der Waals surface area contributed by atoms with E-state index in [1.165, 1.54) is 0 Å². The summed E-state index contributed by atoms with van der Waals surface area (Å²) in [6.07, 6.45) is 1.56. The van der Waals surface area contributed by atoms with Gasteiger partial charge in [0.1, 0.15) is 5.75 Å². The molecule has 0 aliphatic rings. The van der Waals surface area contributed by atoms with Crippen LogP contribution in [0.3, 0.4) is 0 Å². The third-order valence-corrected chi connectivity index (χ3v) is 3.48. The largest absolute Gasteiger partial charge is 0.506 e. The zero-order valence-electron chi connectivity index (χ0n) is 10.2. The lowest BCUT2D eigenvalue weighted by atomic mass is 9.86. The van der Waals surface area contributed by atoms with E-state index in [-0.39, 0.29) is 17.7 Å². The van der Waals surface area contributed by atoms with E-state index in [2.05, 4.69) is 20.8 Å². The lowest BCUT2D eigenvalue weighted by molar-refractivity contribution is 0.452. The molecular formula is C12H19NO2S. The number of aromatic hydroxyl groups is 1. The maximum absolute atomic E-state index is 11.5. The summed E-state index contributed by atoms with van der Waals surface area (Å²) in [5.74, 6) is 0.0660. The first kappa shape index (κ1) is 13.2. The minimum atomic E-state index is -1.20. The molecule has 90 valence electrons. The Kier molecular flexibility index (Phi) is 3.76. The van der Waals surface area contributed by atoms with Gasteiger partial charge in [0.2, 0.25) is 0 Å². The van der Waals surface area contributed by atoms with Gasteiger partial charge < -0.3 is 10.8 Å². The molecule has 1 unspecified atom stereocenters. The van der Waals surface area contributed by atoms with Gasteiger partial charge in [0, 0.05) is 18.4 Å². The molecule has 4 heteroatoms. The molecule has 0 aliphatic heterocycles. The van der Waals surface area contributed by atoms with Crippen LogP contribution >= 0.6 is 0 Å². The monoisotopic (exact) mass is 241 g/mol. The predicted octanol–water partition coefficient (Wildman–Crippen LogP) is 1.89. The van der Waals surface area contributed by atoms with Crippen LogP contribution in [0.1, 0.15) is 31.9 Å². The van der Waals surface area contributed by atoms with E-state index in [1.54, 1.807) is 12.3 Å². The molecule has 0 amide bonds. The highest BCUT2D eigenvalue weighted by atomic mass is 32.2. The van der Waals surface area contributed by atoms with Crippen molar-refractivity contribution in [1.29, 1.82) is 0 Å². The Labute approximate surface area is 99.1 Å². The van der Waals surface area contributed by atoms with Crippen molar-refractivity contribution in [1.82, 2.24) is 0 Å². The lowest BCUT2D eigenvalue weighted by Crippen LogP contribution is -2.13. The van der Waals surface area contributed by atoms with Crippen LogP contribution < -0.4 is 5.73 Å². The van der Waals surface area contributed by atoms with Crippen LogP contribution in [0, 0.1) is 0 Å². The summed E-state index contributed by atoms with van der Waals surface area (Å²) in [7, 11) is -1.20. The molecule has 0 spiro atoms. The third kappa shape index (κ3) is 2.62. The quantitative estimate of drug-likeness (QED) is 0.831. The summed E-state index contributed by atoms with van der Waals surface area (Å²) in [5.41, 5.74) is 7.21. The summed E-state index contributed by atoms with van der Waals surface area (Å²) < 4.78 is 11.5. The van der Waals surface area contributed by atoms with Gasteiger partial charge in [-0.3, -0.25) is 4.21 Å². The smallest absolute Gasteiger partial charge is 0.136 e. The van der Waals surface area contributed by atoms with Gasteiger partial charge in [-0.05, 0) is 17.0 Å². The number of hydrogen-bond acceptors (Lipinski definition) is 3. The molecule has 0 saturated heterocycles. The minimum Gasteiger partial charge on any atom is -0.506 e.